The van der Waals surface area contributed by atoms with Gasteiger partial charge in [0.25, 0.3) is 0 Å². The molecule has 26 heavy (non-hydrogen) atoms. The highest BCUT2D eigenvalue weighted by atomic mass is 16.5. The Kier molecular flexibility index (Phi) is 5.37. The van der Waals surface area contributed by atoms with Gasteiger partial charge in [-0.3, -0.25) is 4.90 Å². The molecule has 0 aliphatic carbocycles. The zero-order chi connectivity index (χ0) is 17.8. The summed E-state index contributed by atoms with van der Waals surface area (Å²) in [4.78, 5) is 9.25. The van der Waals surface area contributed by atoms with E-state index in [0.29, 0.717) is 12.5 Å². The second-order valence-corrected chi connectivity index (χ2v) is 7.14. The number of hydrogen-bond acceptors (Lipinski definition) is 5. The van der Waals surface area contributed by atoms with E-state index in [1.54, 1.807) is 6.20 Å². The molecule has 5 heteroatoms. The van der Waals surface area contributed by atoms with Gasteiger partial charge in [-0.2, -0.15) is 0 Å². The highest BCUT2D eigenvalue weighted by molar-refractivity contribution is 5.57. The Morgan fingerprint density at radius 1 is 1.19 bits per heavy atom. The van der Waals surface area contributed by atoms with Gasteiger partial charge in [0.2, 0.25) is 5.88 Å². The van der Waals surface area contributed by atoms with Gasteiger partial charge in [-0.25, -0.2) is 4.98 Å². The predicted octanol–water partition coefficient (Wildman–Crippen LogP) is 2.53. The summed E-state index contributed by atoms with van der Waals surface area (Å²) in [6.07, 6.45) is 3.06. The topological polar surface area (TPSA) is 37.8 Å². The van der Waals surface area contributed by atoms with Crippen molar-refractivity contribution in [2.45, 2.75) is 19.4 Å². The molecule has 5 nitrogen and oxygen atoms in total. The summed E-state index contributed by atoms with van der Waals surface area (Å²) >= 11 is 0. The average molecular weight is 353 g/mol. The first-order chi connectivity index (χ1) is 12.8. The van der Waals surface area contributed by atoms with Gasteiger partial charge < -0.3 is 14.4 Å². The van der Waals surface area contributed by atoms with Crippen molar-refractivity contribution in [3.8, 4) is 5.88 Å². The number of pyridine rings is 1. The number of ether oxygens (including phenoxy) is 2. The maximum absolute atomic E-state index is 5.88. The lowest BCUT2D eigenvalue weighted by molar-refractivity contribution is -0.0476. The summed E-state index contributed by atoms with van der Waals surface area (Å²) in [5.74, 6) is 0.680. The van der Waals surface area contributed by atoms with Crippen LogP contribution in [0.15, 0.2) is 42.6 Å². The third kappa shape index (κ3) is 4.17. The second-order valence-electron chi connectivity index (χ2n) is 7.14. The Morgan fingerprint density at radius 2 is 2.12 bits per heavy atom. The maximum Gasteiger partial charge on any atom is 0.213 e. The summed E-state index contributed by atoms with van der Waals surface area (Å²) in [7, 11) is 0. The van der Waals surface area contributed by atoms with Crippen LogP contribution in [0.3, 0.4) is 0 Å². The van der Waals surface area contributed by atoms with E-state index in [4.69, 9.17) is 9.47 Å². The third-order valence-electron chi connectivity index (χ3n) is 5.20. The van der Waals surface area contributed by atoms with Gasteiger partial charge in [0.15, 0.2) is 0 Å². The molecule has 1 fully saturated rings. The average Bonchev–Trinajstić information content (AvgIpc) is 3.08. The van der Waals surface area contributed by atoms with Crippen molar-refractivity contribution in [3.63, 3.8) is 0 Å². The molecular weight excluding hydrogens is 326 g/mol. The number of aromatic nitrogens is 1. The van der Waals surface area contributed by atoms with Crippen LogP contribution < -0.4 is 9.64 Å². The molecule has 1 aromatic carbocycles. The van der Waals surface area contributed by atoms with E-state index < -0.39 is 0 Å². The molecule has 0 bridgehead atoms. The Hall–Kier alpha value is -2.11. The molecule has 1 aromatic heterocycles. The number of fused-ring (bicyclic) bond motifs is 1. The van der Waals surface area contributed by atoms with E-state index >= 15 is 0 Å². The van der Waals surface area contributed by atoms with E-state index in [0.717, 1.165) is 44.9 Å². The van der Waals surface area contributed by atoms with Crippen molar-refractivity contribution in [3.05, 3.63) is 53.7 Å². The minimum absolute atomic E-state index is 0.108. The summed E-state index contributed by atoms with van der Waals surface area (Å²) in [6, 6.07) is 12.7. The Balaban J connectivity index is 1.25. The zero-order valence-corrected chi connectivity index (χ0v) is 15.4. The smallest absolute Gasteiger partial charge is 0.213 e. The summed E-state index contributed by atoms with van der Waals surface area (Å²) in [5.41, 5.74) is 4.05. The molecule has 138 valence electrons. The van der Waals surface area contributed by atoms with Crippen molar-refractivity contribution in [2.24, 2.45) is 0 Å². The lowest BCUT2D eigenvalue weighted by atomic mass is 10.2. The van der Waals surface area contributed by atoms with E-state index in [1.807, 2.05) is 19.1 Å². The van der Waals surface area contributed by atoms with Crippen LogP contribution >= 0.6 is 0 Å². The van der Waals surface area contributed by atoms with Crippen LogP contribution in [0.2, 0.25) is 0 Å². The summed E-state index contributed by atoms with van der Waals surface area (Å²) in [5, 5.41) is 0. The number of hydrogen-bond donors (Lipinski definition) is 0. The number of benzene rings is 1. The van der Waals surface area contributed by atoms with Gasteiger partial charge >= 0.3 is 0 Å². The van der Waals surface area contributed by atoms with Gasteiger partial charge in [0.05, 0.1) is 6.61 Å². The van der Waals surface area contributed by atoms with Crippen molar-refractivity contribution < 1.29 is 9.47 Å². The standard InChI is InChI=1S/C21H27N3O2/c1-17-6-8-22-21(14-17)26-16-19-15-23(12-13-25-19)10-11-24-9-7-18-4-2-3-5-20(18)24/h2-6,8,14,19H,7,9-13,15-16H2,1H3/t19-/m1/s1. The van der Waals surface area contributed by atoms with Crippen LogP contribution in [0.1, 0.15) is 11.1 Å². The minimum Gasteiger partial charge on any atom is -0.475 e. The Labute approximate surface area is 155 Å². The van der Waals surface area contributed by atoms with Crippen LogP contribution in [0, 0.1) is 6.92 Å². The fourth-order valence-electron chi connectivity index (χ4n) is 3.75. The van der Waals surface area contributed by atoms with Crippen molar-refractivity contribution >= 4 is 5.69 Å². The maximum atomic E-state index is 5.88. The number of rotatable bonds is 6. The molecule has 0 unspecified atom stereocenters. The predicted molar refractivity (Wildman–Crippen MR) is 103 cm³/mol. The zero-order valence-electron chi connectivity index (χ0n) is 15.4. The number of para-hydroxylation sites is 1. The third-order valence-corrected chi connectivity index (χ3v) is 5.20. The summed E-state index contributed by atoms with van der Waals surface area (Å²) in [6.45, 7) is 8.56. The molecule has 4 rings (SSSR count). The van der Waals surface area contributed by atoms with Crippen molar-refractivity contribution in [2.75, 3.05) is 50.8 Å². The fourth-order valence-corrected chi connectivity index (χ4v) is 3.75. The number of anilines is 1. The minimum atomic E-state index is 0.108. The molecule has 3 heterocycles. The second kappa shape index (κ2) is 8.06. The number of aryl methyl sites for hydroxylation is 1. The van der Waals surface area contributed by atoms with E-state index in [-0.39, 0.29) is 6.10 Å². The van der Waals surface area contributed by atoms with E-state index in [2.05, 4.69) is 39.0 Å². The molecule has 0 spiro atoms. The van der Waals surface area contributed by atoms with Crippen LogP contribution in [0.4, 0.5) is 5.69 Å². The fraction of sp³-hybridized carbons (Fsp3) is 0.476. The number of morpholine rings is 1. The molecule has 2 aromatic rings. The van der Waals surface area contributed by atoms with Gasteiger partial charge in [0, 0.05) is 50.7 Å². The number of nitrogens with zero attached hydrogens (tertiary/aromatic N) is 3. The Bertz CT molecular complexity index is 737. The van der Waals surface area contributed by atoms with Crippen molar-refractivity contribution in [1.82, 2.24) is 9.88 Å². The van der Waals surface area contributed by atoms with Crippen LogP contribution in [-0.4, -0.2) is 61.9 Å². The van der Waals surface area contributed by atoms with E-state index in [1.165, 1.54) is 17.7 Å². The molecule has 0 N–H and O–H groups in total. The normalized spacial score (nSPS) is 20.2. The molecule has 1 atom stereocenters. The molecular formula is C21H27N3O2. The van der Waals surface area contributed by atoms with Gasteiger partial charge in [-0.05, 0) is 36.6 Å². The molecule has 2 aliphatic rings. The molecule has 1 saturated heterocycles. The SMILES string of the molecule is Cc1ccnc(OC[C@H]2CN(CCN3CCc4ccccc43)CCO2)c1. The van der Waals surface area contributed by atoms with Crippen LogP contribution in [0.5, 0.6) is 5.88 Å². The first-order valence-electron chi connectivity index (χ1n) is 9.50. The quantitative estimate of drug-likeness (QED) is 0.798. The molecule has 0 amide bonds. The van der Waals surface area contributed by atoms with Crippen LogP contribution in [0.25, 0.3) is 0 Å². The van der Waals surface area contributed by atoms with Gasteiger partial charge in [-0.1, -0.05) is 18.2 Å². The first kappa shape index (κ1) is 17.3. The summed E-state index contributed by atoms with van der Waals surface area (Å²) < 4.78 is 11.7. The van der Waals surface area contributed by atoms with Crippen molar-refractivity contribution in [1.29, 1.82) is 0 Å². The molecule has 0 saturated carbocycles. The lowest BCUT2D eigenvalue weighted by Gasteiger charge is -2.34. The molecule has 0 radical (unpaired) electrons. The highest BCUT2D eigenvalue weighted by Gasteiger charge is 2.23. The lowest BCUT2D eigenvalue weighted by Crippen LogP contribution is -2.47. The largest absolute Gasteiger partial charge is 0.475 e. The van der Waals surface area contributed by atoms with E-state index in [9.17, 15) is 0 Å². The molecule has 2 aliphatic heterocycles. The first-order valence-corrected chi connectivity index (χ1v) is 9.50. The Morgan fingerprint density at radius 3 is 3.04 bits per heavy atom. The highest BCUT2D eigenvalue weighted by Crippen LogP contribution is 2.27. The van der Waals surface area contributed by atoms with Crippen LogP contribution in [-0.2, 0) is 11.2 Å². The van der Waals surface area contributed by atoms with Gasteiger partial charge in [0.1, 0.15) is 12.7 Å². The van der Waals surface area contributed by atoms with Gasteiger partial charge in [-0.15, -0.1) is 0 Å². The monoisotopic (exact) mass is 353 g/mol.